The van der Waals surface area contributed by atoms with Crippen molar-refractivity contribution in [3.05, 3.63) is 17.9 Å². The van der Waals surface area contributed by atoms with E-state index in [9.17, 15) is 13.2 Å². The van der Waals surface area contributed by atoms with Gasteiger partial charge < -0.3 is 9.52 Å². The molecule has 0 radical (unpaired) electrons. The lowest BCUT2D eigenvalue weighted by Crippen LogP contribution is -2.41. The summed E-state index contributed by atoms with van der Waals surface area (Å²) in [7, 11) is -4.09. The molecule has 7 nitrogen and oxygen atoms in total. The van der Waals surface area contributed by atoms with E-state index < -0.39 is 27.1 Å². The standard InChI is InChI=1S/C11H14N2O5S/c1-7(2)5-9(11(14)15)13-19(16,17)10-4-3-8(6-12)18-10/h3-4,7,9,13H,5H2,1-2H3,(H,14,15)/t9-/m0/s1. The largest absolute Gasteiger partial charge is 0.480 e. The van der Waals surface area contributed by atoms with Crippen molar-refractivity contribution >= 4 is 16.0 Å². The molecule has 0 fully saturated rings. The molecule has 0 bridgehead atoms. The van der Waals surface area contributed by atoms with Crippen LogP contribution >= 0.6 is 0 Å². The van der Waals surface area contributed by atoms with Crippen LogP contribution in [0.4, 0.5) is 0 Å². The molecule has 0 aromatic carbocycles. The van der Waals surface area contributed by atoms with E-state index in [1.807, 2.05) is 4.72 Å². The van der Waals surface area contributed by atoms with Gasteiger partial charge in [-0.1, -0.05) is 13.8 Å². The Morgan fingerprint density at radius 3 is 2.58 bits per heavy atom. The van der Waals surface area contributed by atoms with E-state index in [0.717, 1.165) is 6.07 Å². The van der Waals surface area contributed by atoms with Gasteiger partial charge in [-0.15, -0.1) is 0 Å². The number of nitriles is 1. The van der Waals surface area contributed by atoms with Crippen LogP contribution in [0, 0.1) is 17.2 Å². The van der Waals surface area contributed by atoms with Crippen LogP contribution in [0.2, 0.25) is 0 Å². The molecule has 1 aromatic rings. The van der Waals surface area contributed by atoms with Crippen molar-refractivity contribution in [3.8, 4) is 6.07 Å². The van der Waals surface area contributed by atoms with E-state index in [2.05, 4.69) is 0 Å². The molecule has 1 aromatic heterocycles. The number of hydrogen-bond donors (Lipinski definition) is 2. The molecule has 2 N–H and O–H groups in total. The fourth-order valence-corrected chi connectivity index (χ4v) is 2.58. The third-order valence-electron chi connectivity index (χ3n) is 2.26. The summed E-state index contributed by atoms with van der Waals surface area (Å²) < 4.78 is 30.6. The molecule has 0 amide bonds. The van der Waals surface area contributed by atoms with Gasteiger partial charge in [0.15, 0.2) is 0 Å². The van der Waals surface area contributed by atoms with E-state index in [4.69, 9.17) is 14.8 Å². The highest BCUT2D eigenvalue weighted by Gasteiger charge is 2.28. The lowest BCUT2D eigenvalue weighted by Gasteiger charge is -2.15. The molecule has 1 rings (SSSR count). The van der Waals surface area contributed by atoms with Gasteiger partial charge in [0, 0.05) is 0 Å². The molecule has 1 heterocycles. The number of rotatable bonds is 6. The molecule has 0 unspecified atom stereocenters. The maximum Gasteiger partial charge on any atom is 0.321 e. The molecule has 0 saturated heterocycles. The van der Waals surface area contributed by atoms with Gasteiger partial charge in [0.05, 0.1) is 0 Å². The summed E-state index contributed by atoms with van der Waals surface area (Å²) in [5.74, 6) is -1.41. The summed E-state index contributed by atoms with van der Waals surface area (Å²) in [6.45, 7) is 3.57. The summed E-state index contributed by atoms with van der Waals surface area (Å²) in [6.07, 6.45) is 0.153. The summed E-state index contributed by atoms with van der Waals surface area (Å²) >= 11 is 0. The maximum atomic E-state index is 11.9. The molecule has 0 aliphatic carbocycles. The predicted molar refractivity (Wildman–Crippen MR) is 64.6 cm³/mol. The van der Waals surface area contributed by atoms with E-state index in [0.29, 0.717) is 0 Å². The van der Waals surface area contributed by atoms with Crippen LogP contribution in [0.25, 0.3) is 0 Å². The first-order chi connectivity index (χ1) is 8.76. The molecule has 8 heteroatoms. The Kier molecular flexibility index (Phi) is 4.69. The molecule has 0 saturated carbocycles. The quantitative estimate of drug-likeness (QED) is 0.802. The summed E-state index contributed by atoms with van der Waals surface area (Å²) in [5.41, 5.74) is 0. The third-order valence-corrected chi connectivity index (χ3v) is 3.60. The van der Waals surface area contributed by atoms with Crippen LogP contribution in [0.15, 0.2) is 21.6 Å². The number of carbonyl (C=O) groups is 1. The van der Waals surface area contributed by atoms with Crippen molar-refractivity contribution in [1.29, 1.82) is 5.26 Å². The lowest BCUT2D eigenvalue weighted by atomic mass is 10.1. The molecular formula is C11H14N2O5S. The highest BCUT2D eigenvalue weighted by Crippen LogP contribution is 2.15. The van der Waals surface area contributed by atoms with E-state index >= 15 is 0 Å². The third kappa shape index (κ3) is 4.08. The lowest BCUT2D eigenvalue weighted by molar-refractivity contribution is -0.139. The van der Waals surface area contributed by atoms with E-state index in [-0.39, 0.29) is 18.1 Å². The number of aliphatic carboxylic acids is 1. The molecule has 19 heavy (non-hydrogen) atoms. The van der Waals surface area contributed by atoms with Gasteiger partial charge in [0.25, 0.3) is 10.0 Å². The smallest absolute Gasteiger partial charge is 0.321 e. The van der Waals surface area contributed by atoms with Crippen molar-refractivity contribution in [2.75, 3.05) is 0 Å². The normalized spacial score (nSPS) is 13.2. The van der Waals surface area contributed by atoms with Gasteiger partial charge in [-0.2, -0.15) is 9.98 Å². The maximum absolute atomic E-state index is 11.9. The predicted octanol–water partition coefficient (Wildman–Crippen LogP) is 0.929. The monoisotopic (exact) mass is 286 g/mol. The van der Waals surface area contributed by atoms with Crippen molar-refractivity contribution < 1.29 is 22.7 Å². The first-order valence-corrected chi connectivity index (χ1v) is 6.99. The van der Waals surface area contributed by atoms with Crippen LogP contribution in [0.3, 0.4) is 0 Å². The minimum Gasteiger partial charge on any atom is -0.480 e. The highest BCUT2D eigenvalue weighted by molar-refractivity contribution is 7.89. The number of carboxylic acids is 1. The average Bonchev–Trinajstić information content (AvgIpc) is 2.76. The van der Waals surface area contributed by atoms with Crippen molar-refractivity contribution in [2.24, 2.45) is 5.92 Å². The Morgan fingerprint density at radius 1 is 1.53 bits per heavy atom. The van der Waals surface area contributed by atoms with E-state index in [1.165, 1.54) is 6.07 Å². The van der Waals surface area contributed by atoms with Crippen molar-refractivity contribution in [3.63, 3.8) is 0 Å². The molecule has 0 spiro atoms. The fraction of sp³-hybridized carbons (Fsp3) is 0.455. The van der Waals surface area contributed by atoms with Crippen LogP contribution < -0.4 is 4.72 Å². The topological polar surface area (TPSA) is 120 Å². The van der Waals surface area contributed by atoms with Gasteiger partial charge in [-0.05, 0) is 24.5 Å². The van der Waals surface area contributed by atoms with Gasteiger partial charge in [0.1, 0.15) is 12.1 Å². The van der Waals surface area contributed by atoms with Gasteiger partial charge in [0.2, 0.25) is 10.9 Å². The van der Waals surface area contributed by atoms with Crippen LogP contribution in [-0.4, -0.2) is 25.5 Å². The second-order valence-corrected chi connectivity index (χ2v) is 6.02. The van der Waals surface area contributed by atoms with Gasteiger partial charge in [-0.3, -0.25) is 4.79 Å². The van der Waals surface area contributed by atoms with E-state index in [1.54, 1.807) is 19.9 Å². The second kappa shape index (κ2) is 5.86. The average molecular weight is 286 g/mol. The van der Waals surface area contributed by atoms with Crippen LogP contribution in [0.5, 0.6) is 0 Å². The molecular weight excluding hydrogens is 272 g/mol. The Bertz CT molecular complexity index is 597. The SMILES string of the molecule is CC(C)C[C@H](NS(=O)(=O)c1ccc(C#N)o1)C(=O)O. The molecule has 1 atom stereocenters. The van der Waals surface area contributed by atoms with Crippen LogP contribution in [0.1, 0.15) is 26.0 Å². The number of hydrogen-bond acceptors (Lipinski definition) is 5. The Morgan fingerprint density at radius 2 is 2.16 bits per heavy atom. The summed E-state index contributed by atoms with van der Waals surface area (Å²) in [5, 5.41) is 17.1. The first kappa shape index (κ1) is 15.2. The summed E-state index contributed by atoms with van der Waals surface area (Å²) in [4.78, 5) is 11.0. The Labute approximate surface area is 110 Å². The minimum atomic E-state index is -4.09. The number of carboxylic acid groups (broad SMARTS) is 1. The molecule has 104 valence electrons. The zero-order chi connectivity index (χ0) is 14.6. The number of sulfonamides is 1. The Balaban J connectivity index is 2.94. The Hall–Kier alpha value is -1.85. The van der Waals surface area contributed by atoms with Crippen molar-refractivity contribution in [2.45, 2.75) is 31.4 Å². The second-order valence-electron chi connectivity index (χ2n) is 4.37. The van der Waals surface area contributed by atoms with Crippen LogP contribution in [-0.2, 0) is 14.8 Å². The van der Waals surface area contributed by atoms with Gasteiger partial charge >= 0.3 is 5.97 Å². The number of furan rings is 1. The summed E-state index contributed by atoms with van der Waals surface area (Å²) in [6, 6.07) is 2.72. The highest BCUT2D eigenvalue weighted by atomic mass is 32.2. The zero-order valence-corrected chi connectivity index (χ0v) is 11.3. The first-order valence-electron chi connectivity index (χ1n) is 5.51. The number of nitrogens with zero attached hydrogens (tertiary/aromatic N) is 1. The molecule has 0 aliphatic heterocycles. The van der Waals surface area contributed by atoms with Crippen molar-refractivity contribution in [1.82, 2.24) is 4.72 Å². The minimum absolute atomic E-state index is 0.00932. The molecule has 0 aliphatic rings. The fourth-order valence-electron chi connectivity index (χ4n) is 1.44. The zero-order valence-electron chi connectivity index (χ0n) is 10.5. The van der Waals surface area contributed by atoms with Gasteiger partial charge in [-0.25, -0.2) is 8.42 Å². The number of nitrogens with one attached hydrogen (secondary N) is 1.